The van der Waals surface area contributed by atoms with Crippen molar-refractivity contribution >= 4 is 5.91 Å². The average molecular weight is 284 g/mol. The molecule has 0 aliphatic rings. The summed E-state index contributed by atoms with van der Waals surface area (Å²) in [6.07, 6.45) is 2.96. The maximum absolute atomic E-state index is 12.3. The van der Waals surface area contributed by atoms with Crippen LogP contribution in [0.15, 0.2) is 48.8 Å². The monoisotopic (exact) mass is 284 g/mol. The lowest BCUT2D eigenvalue weighted by atomic mass is 10.2. The quantitative estimate of drug-likeness (QED) is 0.848. The van der Waals surface area contributed by atoms with Gasteiger partial charge in [-0.05, 0) is 43.2 Å². The maximum Gasteiger partial charge on any atom is 0.263 e. The second-order valence-electron chi connectivity index (χ2n) is 5.13. The zero-order chi connectivity index (χ0) is 15.2. The van der Waals surface area contributed by atoms with Crippen molar-refractivity contribution in [2.75, 3.05) is 7.05 Å². The molecule has 0 N–H and O–H groups in total. The highest BCUT2D eigenvalue weighted by atomic mass is 16.5. The fraction of sp³-hybridized carbons (Fsp3) is 0.294. The predicted octanol–water partition coefficient (Wildman–Crippen LogP) is 2.82. The Morgan fingerprint density at radius 2 is 2.14 bits per heavy atom. The molecule has 21 heavy (non-hydrogen) atoms. The molecule has 110 valence electrons. The van der Waals surface area contributed by atoms with E-state index in [1.54, 1.807) is 31.3 Å². The number of hydrogen-bond donors (Lipinski definition) is 0. The Morgan fingerprint density at radius 3 is 2.81 bits per heavy atom. The lowest BCUT2D eigenvalue weighted by Gasteiger charge is -2.22. The Labute approximate surface area is 125 Å². The number of rotatable bonds is 5. The van der Waals surface area contributed by atoms with E-state index < -0.39 is 6.10 Å². The molecule has 0 spiro atoms. The summed E-state index contributed by atoms with van der Waals surface area (Å²) in [5.74, 6) is 0.658. The summed E-state index contributed by atoms with van der Waals surface area (Å²) in [7, 11) is 1.77. The molecular weight excluding hydrogens is 264 g/mol. The number of hydrogen-bond acceptors (Lipinski definition) is 3. The molecule has 4 nitrogen and oxygen atoms in total. The highest BCUT2D eigenvalue weighted by Gasteiger charge is 2.19. The molecule has 2 rings (SSSR count). The molecule has 1 atom stereocenters. The third-order valence-electron chi connectivity index (χ3n) is 3.17. The number of benzene rings is 1. The Bertz CT molecular complexity index is 599. The van der Waals surface area contributed by atoms with Crippen molar-refractivity contribution in [3.63, 3.8) is 0 Å². The van der Waals surface area contributed by atoms with Crippen LogP contribution in [-0.2, 0) is 11.3 Å². The van der Waals surface area contributed by atoms with E-state index in [0.717, 1.165) is 11.1 Å². The predicted molar refractivity (Wildman–Crippen MR) is 82.0 cm³/mol. The number of aromatic nitrogens is 1. The van der Waals surface area contributed by atoms with Crippen LogP contribution in [0, 0.1) is 6.92 Å². The van der Waals surface area contributed by atoms with Gasteiger partial charge in [0.1, 0.15) is 5.75 Å². The number of aryl methyl sites for hydroxylation is 1. The Morgan fingerprint density at radius 1 is 1.33 bits per heavy atom. The summed E-state index contributed by atoms with van der Waals surface area (Å²) in [5.41, 5.74) is 2.10. The van der Waals surface area contributed by atoms with Crippen LogP contribution in [0.25, 0.3) is 0 Å². The van der Waals surface area contributed by atoms with E-state index in [4.69, 9.17) is 4.74 Å². The van der Waals surface area contributed by atoms with Crippen molar-refractivity contribution in [3.05, 3.63) is 59.9 Å². The minimum Gasteiger partial charge on any atom is -0.481 e. The van der Waals surface area contributed by atoms with Crippen molar-refractivity contribution in [2.45, 2.75) is 26.5 Å². The van der Waals surface area contributed by atoms with Gasteiger partial charge in [-0.3, -0.25) is 9.78 Å². The van der Waals surface area contributed by atoms with Crippen LogP contribution in [0.3, 0.4) is 0 Å². The van der Waals surface area contributed by atoms with Crippen LogP contribution >= 0.6 is 0 Å². The van der Waals surface area contributed by atoms with E-state index >= 15 is 0 Å². The lowest BCUT2D eigenvalue weighted by molar-refractivity contribution is -0.137. The largest absolute Gasteiger partial charge is 0.481 e. The van der Waals surface area contributed by atoms with Gasteiger partial charge in [0.15, 0.2) is 6.10 Å². The van der Waals surface area contributed by atoms with E-state index in [0.29, 0.717) is 12.3 Å². The topological polar surface area (TPSA) is 42.4 Å². The first kappa shape index (κ1) is 15.0. The molecular formula is C17H20N2O2. The fourth-order valence-electron chi connectivity index (χ4n) is 2.10. The number of ether oxygens (including phenoxy) is 1. The van der Waals surface area contributed by atoms with Crippen LogP contribution in [-0.4, -0.2) is 28.9 Å². The second kappa shape index (κ2) is 6.88. The summed E-state index contributed by atoms with van der Waals surface area (Å²) in [6.45, 7) is 4.28. The highest BCUT2D eigenvalue weighted by molar-refractivity contribution is 5.80. The van der Waals surface area contributed by atoms with Crippen LogP contribution < -0.4 is 4.74 Å². The van der Waals surface area contributed by atoms with E-state index in [9.17, 15) is 4.79 Å². The Kier molecular flexibility index (Phi) is 4.93. The van der Waals surface area contributed by atoms with Gasteiger partial charge >= 0.3 is 0 Å². The van der Waals surface area contributed by atoms with Crippen molar-refractivity contribution in [3.8, 4) is 5.75 Å². The summed E-state index contributed by atoms with van der Waals surface area (Å²) in [4.78, 5) is 18.0. The van der Waals surface area contributed by atoms with Gasteiger partial charge in [0.2, 0.25) is 0 Å². The molecule has 2 aromatic rings. The summed E-state index contributed by atoms with van der Waals surface area (Å²) in [5, 5.41) is 0. The highest BCUT2D eigenvalue weighted by Crippen LogP contribution is 2.15. The number of carbonyl (C=O) groups excluding carboxylic acids is 1. The SMILES string of the molecule is Cc1cccc(OC(C)C(=O)N(C)Cc2cccnc2)c1. The van der Waals surface area contributed by atoms with Crippen LogP contribution in [0.4, 0.5) is 0 Å². The zero-order valence-corrected chi connectivity index (χ0v) is 12.6. The standard InChI is InChI=1S/C17H20N2O2/c1-13-6-4-8-16(10-13)21-14(2)17(20)19(3)12-15-7-5-9-18-11-15/h4-11,14H,12H2,1-3H3. The van der Waals surface area contributed by atoms with E-state index in [2.05, 4.69) is 4.98 Å². The third-order valence-corrected chi connectivity index (χ3v) is 3.17. The summed E-state index contributed by atoms with van der Waals surface area (Å²) >= 11 is 0. The molecule has 1 heterocycles. The van der Waals surface area contributed by atoms with Gasteiger partial charge in [-0.1, -0.05) is 18.2 Å². The van der Waals surface area contributed by atoms with Crippen molar-refractivity contribution in [2.24, 2.45) is 0 Å². The molecule has 0 aliphatic carbocycles. The van der Waals surface area contributed by atoms with Crippen LogP contribution in [0.5, 0.6) is 5.75 Å². The van der Waals surface area contributed by atoms with Gasteiger partial charge in [0.25, 0.3) is 5.91 Å². The normalized spacial score (nSPS) is 11.8. The molecule has 1 amide bonds. The Balaban J connectivity index is 1.95. The number of carbonyl (C=O) groups is 1. The number of likely N-dealkylation sites (N-methyl/N-ethyl adjacent to an activating group) is 1. The smallest absolute Gasteiger partial charge is 0.263 e. The van der Waals surface area contributed by atoms with Crippen molar-refractivity contribution in [1.29, 1.82) is 0 Å². The minimum absolute atomic E-state index is 0.0552. The van der Waals surface area contributed by atoms with Gasteiger partial charge in [0.05, 0.1) is 0 Å². The molecule has 0 saturated heterocycles. The maximum atomic E-state index is 12.3. The van der Waals surface area contributed by atoms with Gasteiger partial charge in [-0.2, -0.15) is 0 Å². The molecule has 1 unspecified atom stereocenters. The third kappa shape index (κ3) is 4.31. The van der Waals surface area contributed by atoms with E-state index in [1.165, 1.54) is 0 Å². The van der Waals surface area contributed by atoms with Gasteiger partial charge in [0, 0.05) is 26.0 Å². The average Bonchev–Trinajstić information content (AvgIpc) is 2.47. The molecule has 0 fully saturated rings. The van der Waals surface area contributed by atoms with Crippen molar-refractivity contribution < 1.29 is 9.53 Å². The number of pyridine rings is 1. The summed E-state index contributed by atoms with van der Waals surface area (Å²) < 4.78 is 5.71. The van der Waals surface area contributed by atoms with E-state index in [-0.39, 0.29) is 5.91 Å². The number of nitrogens with zero attached hydrogens (tertiary/aromatic N) is 2. The van der Waals surface area contributed by atoms with Crippen molar-refractivity contribution in [1.82, 2.24) is 9.88 Å². The second-order valence-corrected chi connectivity index (χ2v) is 5.13. The first-order valence-electron chi connectivity index (χ1n) is 6.93. The molecule has 1 aromatic carbocycles. The molecule has 4 heteroatoms. The van der Waals surface area contributed by atoms with Gasteiger partial charge in [-0.25, -0.2) is 0 Å². The molecule has 0 radical (unpaired) electrons. The van der Waals surface area contributed by atoms with Crippen LogP contribution in [0.1, 0.15) is 18.1 Å². The zero-order valence-electron chi connectivity index (χ0n) is 12.6. The Hall–Kier alpha value is -2.36. The fourth-order valence-corrected chi connectivity index (χ4v) is 2.10. The van der Waals surface area contributed by atoms with E-state index in [1.807, 2.05) is 43.3 Å². The lowest BCUT2D eigenvalue weighted by Crippen LogP contribution is -2.37. The first-order chi connectivity index (χ1) is 10.1. The van der Waals surface area contributed by atoms with Crippen LogP contribution in [0.2, 0.25) is 0 Å². The van der Waals surface area contributed by atoms with Gasteiger partial charge in [-0.15, -0.1) is 0 Å². The first-order valence-corrected chi connectivity index (χ1v) is 6.93. The number of amides is 1. The molecule has 1 aromatic heterocycles. The molecule has 0 aliphatic heterocycles. The van der Waals surface area contributed by atoms with Gasteiger partial charge < -0.3 is 9.64 Å². The summed E-state index contributed by atoms with van der Waals surface area (Å²) in [6, 6.07) is 11.5. The minimum atomic E-state index is -0.520. The molecule has 0 saturated carbocycles. The molecule has 0 bridgehead atoms.